The first-order valence-corrected chi connectivity index (χ1v) is 9.73. The van der Waals surface area contributed by atoms with E-state index in [4.69, 9.17) is 17.3 Å². The Bertz CT molecular complexity index is 838. The number of anilines is 1. The van der Waals surface area contributed by atoms with Crippen molar-refractivity contribution >= 4 is 52.2 Å². The molecule has 0 radical (unpaired) electrons. The van der Waals surface area contributed by atoms with Gasteiger partial charge in [0.2, 0.25) is 0 Å². The summed E-state index contributed by atoms with van der Waals surface area (Å²) in [5, 5.41) is 5.53. The van der Waals surface area contributed by atoms with Crippen molar-refractivity contribution < 1.29 is 9.59 Å². The van der Waals surface area contributed by atoms with Gasteiger partial charge in [-0.25, -0.2) is 0 Å². The van der Waals surface area contributed by atoms with Crippen molar-refractivity contribution in [1.29, 1.82) is 0 Å². The van der Waals surface area contributed by atoms with Crippen molar-refractivity contribution in [2.45, 2.75) is 26.3 Å². The van der Waals surface area contributed by atoms with Gasteiger partial charge in [0.1, 0.15) is 5.00 Å². The van der Waals surface area contributed by atoms with E-state index in [1.807, 2.05) is 4.90 Å². The molecule has 1 aromatic heterocycles. The van der Waals surface area contributed by atoms with Crippen LogP contribution in [0, 0.1) is 5.41 Å². The van der Waals surface area contributed by atoms with E-state index in [0.717, 1.165) is 6.42 Å². The molecule has 2 amide bonds. The minimum Gasteiger partial charge on any atom is -0.338 e. The van der Waals surface area contributed by atoms with Crippen LogP contribution in [0.5, 0.6) is 0 Å². The zero-order chi connectivity index (χ0) is 18.9. The summed E-state index contributed by atoms with van der Waals surface area (Å²) in [7, 11) is 0. The monoisotopic (exact) mass is 427 g/mol. The molecule has 146 valence electrons. The molecule has 1 atom stereocenters. The van der Waals surface area contributed by atoms with Gasteiger partial charge in [-0.05, 0) is 35.4 Å². The summed E-state index contributed by atoms with van der Waals surface area (Å²) in [6, 6.07) is 8.66. The number of nitrogens with two attached hydrogens (primary N) is 1. The Kier molecular flexibility index (Phi) is 6.92. The van der Waals surface area contributed by atoms with E-state index in [1.54, 1.807) is 35.7 Å². The number of nitrogens with one attached hydrogen (secondary N) is 1. The summed E-state index contributed by atoms with van der Waals surface area (Å²) >= 11 is 7.41. The maximum absolute atomic E-state index is 13.0. The fourth-order valence-electron chi connectivity index (χ4n) is 3.11. The second kappa shape index (κ2) is 8.61. The van der Waals surface area contributed by atoms with Crippen LogP contribution in [-0.4, -0.2) is 35.8 Å². The van der Waals surface area contributed by atoms with Crippen molar-refractivity contribution in [1.82, 2.24) is 4.90 Å². The molecule has 0 spiro atoms. The van der Waals surface area contributed by atoms with Crippen LogP contribution >= 0.6 is 35.3 Å². The van der Waals surface area contributed by atoms with Crippen LogP contribution in [0.25, 0.3) is 0 Å². The molecule has 2 heterocycles. The second-order valence-corrected chi connectivity index (χ2v) is 8.53. The van der Waals surface area contributed by atoms with Crippen LogP contribution in [0.2, 0.25) is 5.02 Å². The summed E-state index contributed by atoms with van der Waals surface area (Å²) < 4.78 is 0. The molecule has 1 fully saturated rings. The van der Waals surface area contributed by atoms with Crippen LogP contribution in [-0.2, 0) is 0 Å². The van der Waals surface area contributed by atoms with Crippen LogP contribution in [0.4, 0.5) is 5.00 Å². The van der Waals surface area contributed by atoms with Gasteiger partial charge in [-0.2, -0.15) is 0 Å². The number of halogens is 2. The Morgan fingerprint density at radius 2 is 1.96 bits per heavy atom. The molecule has 0 aliphatic carbocycles. The highest BCUT2D eigenvalue weighted by Gasteiger charge is 2.36. The van der Waals surface area contributed by atoms with Gasteiger partial charge < -0.3 is 16.0 Å². The average molecular weight is 428 g/mol. The Balaban J connectivity index is 0.00000261. The Hall–Kier alpha value is -1.60. The van der Waals surface area contributed by atoms with Crippen molar-refractivity contribution in [3.05, 3.63) is 51.9 Å². The molecule has 0 saturated carbocycles. The maximum atomic E-state index is 13.0. The van der Waals surface area contributed by atoms with Gasteiger partial charge in [0.25, 0.3) is 11.8 Å². The molecule has 1 aliphatic rings. The molecule has 1 unspecified atom stereocenters. The van der Waals surface area contributed by atoms with E-state index in [2.05, 4.69) is 19.2 Å². The third kappa shape index (κ3) is 4.63. The molecule has 1 aromatic carbocycles. The summed E-state index contributed by atoms with van der Waals surface area (Å²) in [6.45, 7) is 5.37. The van der Waals surface area contributed by atoms with E-state index < -0.39 is 0 Å². The molecule has 5 nitrogen and oxygen atoms in total. The van der Waals surface area contributed by atoms with Crippen molar-refractivity contribution in [2.24, 2.45) is 11.1 Å². The number of benzene rings is 1. The summed E-state index contributed by atoms with van der Waals surface area (Å²) in [5.41, 5.74) is 6.91. The van der Waals surface area contributed by atoms with Gasteiger partial charge in [0.05, 0.1) is 16.1 Å². The lowest BCUT2D eigenvalue weighted by atomic mass is 9.79. The first kappa shape index (κ1) is 21.7. The number of carbonyl (C=O) groups is 2. The third-order valence-corrected chi connectivity index (χ3v) is 6.00. The average Bonchev–Trinajstić information content (AvgIpc) is 3.05. The zero-order valence-corrected chi connectivity index (χ0v) is 17.6. The maximum Gasteiger partial charge on any atom is 0.257 e. The summed E-state index contributed by atoms with van der Waals surface area (Å²) in [4.78, 5) is 27.3. The molecular weight excluding hydrogens is 405 g/mol. The number of hydrogen-bond donors (Lipinski definition) is 2. The fourth-order valence-corrected chi connectivity index (χ4v) is 4.10. The number of carbonyl (C=O) groups excluding carboxylic acids is 2. The van der Waals surface area contributed by atoms with Crippen LogP contribution in [0.1, 0.15) is 41.0 Å². The molecular formula is C19H23Cl2N3O2S. The number of amides is 2. The van der Waals surface area contributed by atoms with Gasteiger partial charge in [0, 0.05) is 19.1 Å². The van der Waals surface area contributed by atoms with Crippen molar-refractivity contribution in [3.8, 4) is 0 Å². The molecule has 3 rings (SSSR count). The smallest absolute Gasteiger partial charge is 0.257 e. The minimum absolute atomic E-state index is 0. The predicted molar refractivity (Wildman–Crippen MR) is 113 cm³/mol. The molecule has 1 saturated heterocycles. The molecule has 8 heteroatoms. The van der Waals surface area contributed by atoms with Gasteiger partial charge in [-0.3, -0.25) is 9.59 Å². The highest BCUT2D eigenvalue weighted by Crippen LogP contribution is 2.31. The van der Waals surface area contributed by atoms with E-state index >= 15 is 0 Å². The van der Waals surface area contributed by atoms with Crippen molar-refractivity contribution in [2.75, 3.05) is 18.4 Å². The summed E-state index contributed by atoms with van der Waals surface area (Å²) in [6.07, 6.45) is 0.768. The summed E-state index contributed by atoms with van der Waals surface area (Å²) in [5.74, 6) is -0.409. The molecule has 1 aliphatic heterocycles. The number of rotatable bonds is 3. The molecule has 2 aromatic rings. The van der Waals surface area contributed by atoms with Gasteiger partial charge in [-0.1, -0.05) is 37.6 Å². The Morgan fingerprint density at radius 1 is 1.26 bits per heavy atom. The lowest BCUT2D eigenvalue weighted by Gasteiger charge is -2.42. The largest absolute Gasteiger partial charge is 0.338 e. The van der Waals surface area contributed by atoms with Gasteiger partial charge in [0.15, 0.2) is 0 Å². The van der Waals surface area contributed by atoms with E-state index in [0.29, 0.717) is 34.2 Å². The zero-order valence-electron chi connectivity index (χ0n) is 15.2. The SMILES string of the molecule is CC1(C)CN(C(=O)c2ccsc2NC(=O)c2ccccc2Cl)CCC1N.Cl. The first-order chi connectivity index (χ1) is 12.3. The Labute approximate surface area is 174 Å². The van der Waals surface area contributed by atoms with E-state index in [9.17, 15) is 9.59 Å². The quantitative estimate of drug-likeness (QED) is 0.767. The van der Waals surface area contributed by atoms with Crippen molar-refractivity contribution in [3.63, 3.8) is 0 Å². The van der Waals surface area contributed by atoms with Crippen LogP contribution < -0.4 is 11.1 Å². The van der Waals surface area contributed by atoms with Crippen LogP contribution in [0.3, 0.4) is 0 Å². The minimum atomic E-state index is -0.326. The molecule has 0 bridgehead atoms. The first-order valence-electron chi connectivity index (χ1n) is 8.48. The topological polar surface area (TPSA) is 75.4 Å². The highest BCUT2D eigenvalue weighted by molar-refractivity contribution is 7.14. The lowest BCUT2D eigenvalue weighted by Crippen LogP contribution is -2.54. The third-order valence-electron chi connectivity index (χ3n) is 4.84. The second-order valence-electron chi connectivity index (χ2n) is 7.21. The Morgan fingerprint density at radius 3 is 2.63 bits per heavy atom. The number of nitrogens with zero attached hydrogens (tertiary/aromatic N) is 1. The lowest BCUT2D eigenvalue weighted by molar-refractivity contribution is 0.0534. The number of thiophene rings is 1. The number of piperidine rings is 1. The number of hydrogen-bond acceptors (Lipinski definition) is 4. The normalized spacial score (nSPS) is 18.5. The standard InChI is InChI=1S/C19H22ClN3O2S.ClH/c1-19(2)11-23(9-7-15(19)21)18(25)13-8-10-26-17(13)22-16(24)12-5-3-4-6-14(12)20;/h3-6,8,10,15H,7,9,11,21H2,1-2H3,(H,22,24);1H. The molecule has 27 heavy (non-hydrogen) atoms. The highest BCUT2D eigenvalue weighted by atomic mass is 35.5. The van der Waals surface area contributed by atoms with Gasteiger partial charge >= 0.3 is 0 Å². The fraction of sp³-hybridized carbons (Fsp3) is 0.368. The van der Waals surface area contributed by atoms with Crippen LogP contribution in [0.15, 0.2) is 35.7 Å². The predicted octanol–water partition coefficient (Wildman–Crippen LogP) is 4.28. The number of likely N-dealkylation sites (tertiary alicyclic amines) is 1. The van der Waals surface area contributed by atoms with E-state index in [1.165, 1.54) is 11.3 Å². The van der Waals surface area contributed by atoms with Gasteiger partial charge in [-0.15, -0.1) is 23.7 Å². The molecule has 3 N–H and O–H groups in total. The van der Waals surface area contributed by atoms with E-state index in [-0.39, 0.29) is 35.7 Å².